The molecule has 8 heteroatoms. The van der Waals surface area contributed by atoms with E-state index >= 15 is 0 Å². The van der Waals surface area contributed by atoms with E-state index in [1.807, 2.05) is 4.72 Å². The van der Waals surface area contributed by atoms with Crippen molar-refractivity contribution in [2.24, 2.45) is 0 Å². The molecular formula is C9H9Cl2NO4S. The number of nitrogens with one attached hydrogen (secondary N) is 1. The monoisotopic (exact) mass is 297 g/mol. The third-order valence-electron chi connectivity index (χ3n) is 1.89. The van der Waals surface area contributed by atoms with E-state index in [-0.39, 0.29) is 14.9 Å². The molecule has 0 heterocycles. The average Bonchev–Trinajstić information content (AvgIpc) is 2.20. The minimum Gasteiger partial charge on any atom is -0.480 e. The first kappa shape index (κ1) is 14.2. The van der Waals surface area contributed by atoms with Gasteiger partial charge < -0.3 is 5.11 Å². The fourth-order valence-electron chi connectivity index (χ4n) is 1.03. The van der Waals surface area contributed by atoms with Crippen LogP contribution in [0.25, 0.3) is 0 Å². The fourth-order valence-corrected chi connectivity index (χ4v) is 2.99. The molecule has 2 N–H and O–H groups in total. The normalized spacial score (nSPS) is 13.4. The van der Waals surface area contributed by atoms with Crippen molar-refractivity contribution in [3.63, 3.8) is 0 Å². The summed E-state index contributed by atoms with van der Waals surface area (Å²) in [6.07, 6.45) is 0. The maximum Gasteiger partial charge on any atom is 0.321 e. The minimum absolute atomic E-state index is 0.0283. The van der Waals surface area contributed by atoms with Crippen LogP contribution in [0.15, 0.2) is 23.1 Å². The Hall–Kier alpha value is -0.820. The summed E-state index contributed by atoms with van der Waals surface area (Å²) in [5.41, 5.74) is 0. The third-order valence-corrected chi connectivity index (χ3v) is 4.14. The Morgan fingerprint density at radius 1 is 1.41 bits per heavy atom. The van der Waals surface area contributed by atoms with Crippen LogP contribution in [0, 0.1) is 0 Å². The second kappa shape index (κ2) is 5.22. The first-order valence-electron chi connectivity index (χ1n) is 4.44. The molecule has 0 amide bonds. The maximum atomic E-state index is 11.8. The van der Waals surface area contributed by atoms with Gasteiger partial charge in [0.2, 0.25) is 10.0 Å². The van der Waals surface area contributed by atoms with E-state index in [4.69, 9.17) is 28.3 Å². The molecule has 0 radical (unpaired) electrons. The van der Waals surface area contributed by atoms with Crippen molar-refractivity contribution in [1.82, 2.24) is 4.72 Å². The van der Waals surface area contributed by atoms with Gasteiger partial charge in [-0.3, -0.25) is 4.79 Å². The summed E-state index contributed by atoms with van der Waals surface area (Å²) >= 11 is 11.4. The van der Waals surface area contributed by atoms with E-state index in [0.717, 1.165) is 6.07 Å². The SMILES string of the molecule is CC(NS(=O)(=O)c1cc(Cl)ccc1Cl)C(=O)O. The number of rotatable bonds is 4. The van der Waals surface area contributed by atoms with Crippen molar-refractivity contribution < 1.29 is 18.3 Å². The number of hydrogen-bond acceptors (Lipinski definition) is 3. The third kappa shape index (κ3) is 3.57. The van der Waals surface area contributed by atoms with Crippen molar-refractivity contribution in [3.05, 3.63) is 28.2 Å². The van der Waals surface area contributed by atoms with Crippen LogP contribution >= 0.6 is 23.2 Å². The average molecular weight is 298 g/mol. The van der Waals surface area contributed by atoms with Gasteiger partial charge in [0.1, 0.15) is 10.9 Å². The number of carbonyl (C=O) groups is 1. The summed E-state index contributed by atoms with van der Waals surface area (Å²) in [6.45, 7) is 1.21. The predicted octanol–water partition coefficient (Wildman–Crippen LogP) is 1.74. The highest BCUT2D eigenvalue weighted by Crippen LogP contribution is 2.24. The maximum absolute atomic E-state index is 11.8. The second-order valence-electron chi connectivity index (χ2n) is 3.26. The molecule has 1 unspecified atom stereocenters. The first-order chi connectivity index (χ1) is 7.74. The molecular weight excluding hydrogens is 289 g/mol. The minimum atomic E-state index is -4.00. The zero-order valence-corrected chi connectivity index (χ0v) is 11.0. The van der Waals surface area contributed by atoms with Crippen LogP contribution < -0.4 is 4.72 Å². The summed E-state index contributed by atoms with van der Waals surface area (Å²) in [7, 11) is -4.00. The molecule has 94 valence electrons. The van der Waals surface area contributed by atoms with Crippen LogP contribution in [-0.2, 0) is 14.8 Å². The molecule has 17 heavy (non-hydrogen) atoms. The van der Waals surface area contributed by atoms with Crippen molar-refractivity contribution in [1.29, 1.82) is 0 Å². The number of carboxylic acid groups (broad SMARTS) is 1. The fraction of sp³-hybridized carbons (Fsp3) is 0.222. The van der Waals surface area contributed by atoms with E-state index in [0.29, 0.717) is 0 Å². The van der Waals surface area contributed by atoms with Gasteiger partial charge in [0, 0.05) is 5.02 Å². The Balaban J connectivity index is 3.13. The smallest absolute Gasteiger partial charge is 0.321 e. The van der Waals surface area contributed by atoms with Gasteiger partial charge in [-0.2, -0.15) is 4.72 Å². The topological polar surface area (TPSA) is 83.5 Å². The molecule has 0 aliphatic heterocycles. The van der Waals surface area contributed by atoms with E-state index in [1.54, 1.807) is 0 Å². The van der Waals surface area contributed by atoms with Gasteiger partial charge in [-0.25, -0.2) is 8.42 Å². The molecule has 0 aliphatic rings. The highest BCUT2D eigenvalue weighted by molar-refractivity contribution is 7.89. The van der Waals surface area contributed by atoms with E-state index in [9.17, 15) is 13.2 Å². The van der Waals surface area contributed by atoms with Gasteiger partial charge >= 0.3 is 5.97 Å². The van der Waals surface area contributed by atoms with Crippen LogP contribution in [0.1, 0.15) is 6.92 Å². The lowest BCUT2D eigenvalue weighted by Gasteiger charge is -2.11. The van der Waals surface area contributed by atoms with Crippen molar-refractivity contribution in [2.75, 3.05) is 0 Å². The Morgan fingerprint density at radius 2 is 2.00 bits per heavy atom. The first-order valence-corrected chi connectivity index (χ1v) is 6.68. The highest BCUT2D eigenvalue weighted by atomic mass is 35.5. The van der Waals surface area contributed by atoms with Gasteiger partial charge in [0.15, 0.2) is 0 Å². The van der Waals surface area contributed by atoms with Gasteiger partial charge in [0.25, 0.3) is 0 Å². The molecule has 0 bridgehead atoms. The Morgan fingerprint density at radius 3 is 2.53 bits per heavy atom. The molecule has 0 saturated carbocycles. The number of sulfonamides is 1. The lowest BCUT2D eigenvalue weighted by Crippen LogP contribution is -2.38. The lowest BCUT2D eigenvalue weighted by molar-refractivity contribution is -0.138. The molecule has 1 rings (SSSR count). The Bertz CT molecular complexity index is 544. The Kier molecular flexibility index (Phi) is 4.37. The van der Waals surface area contributed by atoms with Crippen LogP contribution in [0.2, 0.25) is 10.0 Å². The summed E-state index contributed by atoms with van der Waals surface area (Å²) in [5, 5.41) is 8.79. The molecule has 1 atom stereocenters. The zero-order chi connectivity index (χ0) is 13.2. The number of hydrogen-bond donors (Lipinski definition) is 2. The van der Waals surface area contributed by atoms with E-state index in [2.05, 4.69) is 0 Å². The van der Waals surface area contributed by atoms with Crippen LogP contribution in [0.4, 0.5) is 0 Å². The van der Waals surface area contributed by atoms with Crippen molar-refractivity contribution in [2.45, 2.75) is 17.9 Å². The highest BCUT2D eigenvalue weighted by Gasteiger charge is 2.23. The second-order valence-corrected chi connectivity index (χ2v) is 5.78. The van der Waals surface area contributed by atoms with Crippen molar-refractivity contribution >= 4 is 39.2 Å². The van der Waals surface area contributed by atoms with E-state index < -0.39 is 22.0 Å². The Labute approximate surface area is 108 Å². The summed E-state index contributed by atoms with van der Waals surface area (Å²) in [4.78, 5) is 10.3. The molecule has 0 aromatic heterocycles. The molecule has 1 aromatic carbocycles. The lowest BCUT2D eigenvalue weighted by atomic mass is 10.4. The molecule has 5 nitrogen and oxygen atoms in total. The largest absolute Gasteiger partial charge is 0.480 e. The standard InChI is InChI=1S/C9H9Cl2NO4S/c1-5(9(13)14)12-17(15,16)8-4-6(10)2-3-7(8)11/h2-5,12H,1H3,(H,13,14). The number of aliphatic carboxylic acids is 1. The van der Waals surface area contributed by atoms with Gasteiger partial charge in [0.05, 0.1) is 5.02 Å². The molecule has 0 spiro atoms. The van der Waals surface area contributed by atoms with Gasteiger partial charge in [-0.1, -0.05) is 23.2 Å². The summed E-state index contributed by atoms with van der Waals surface area (Å²) in [6, 6.07) is 2.66. The quantitative estimate of drug-likeness (QED) is 0.887. The zero-order valence-electron chi connectivity index (χ0n) is 8.65. The van der Waals surface area contributed by atoms with Crippen LogP contribution in [-0.4, -0.2) is 25.5 Å². The number of carboxylic acids is 1. The van der Waals surface area contributed by atoms with Gasteiger partial charge in [-0.15, -0.1) is 0 Å². The van der Waals surface area contributed by atoms with Crippen LogP contribution in [0.3, 0.4) is 0 Å². The predicted molar refractivity (Wildman–Crippen MR) is 63.9 cm³/mol. The van der Waals surface area contributed by atoms with Crippen LogP contribution in [0.5, 0.6) is 0 Å². The number of benzene rings is 1. The van der Waals surface area contributed by atoms with Gasteiger partial charge in [-0.05, 0) is 25.1 Å². The summed E-state index contributed by atoms with van der Waals surface area (Å²) < 4.78 is 25.6. The summed E-state index contributed by atoms with van der Waals surface area (Å²) in [5.74, 6) is -1.29. The molecule has 0 saturated heterocycles. The number of halogens is 2. The van der Waals surface area contributed by atoms with Crippen molar-refractivity contribution in [3.8, 4) is 0 Å². The molecule has 0 fully saturated rings. The van der Waals surface area contributed by atoms with E-state index in [1.165, 1.54) is 19.1 Å². The molecule has 0 aliphatic carbocycles. The molecule has 1 aromatic rings.